The molecule has 0 bridgehead atoms. The predicted molar refractivity (Wildman–Crippen MR) is 122 cm³/mol. The van der Waals surface area contributed by atoms with Crippen molar-refractivity contribution < 1.29 is 43.5 Å². The Morgan fingerprint density at radius 3 is 2.28 bits per heavy atom. The molecule has 2 aromatic carbocycles. The first-order valence-corrected chi connectivity index (χ1v) is 14.7. The summed E-state index contributed by atoms with van der Waals surface area (Å²) < 4.78 is 124. The van der Waals surface area contributed by atoms with E-state index < -0.39 is 76.9 Å². The van der Waals surface area contributed by atoms with Gasteiger partial charge in [-0.05, 0) is 61.6 Å². The van der Waals surface area contributed by atoms with Crippen molar-refractivity contribution in [2.75, 3.05) is 18.1 Å². The number of ether oxygens (including phenoxy) is 1. The van der Waals surface area contributed by atoms with Gasteiger partial charge in [0.25, 0.3) is 0 Å². The van der Waals surface area contributed by atoms with Gasteiger partial charge in [-0.2, -0.15) is 13.2 Å². The van der Waals surface area contributed by atoms with Crippen LogP contribution in [0.4, 0.5) is 22.0 Å². The smallest absolute Gasteiger partial charge is 0.402 e. The number of benzene rings is 2. The summed E-state index contributed by atoms with van der Waals surface area (Å²) >= 11 is 5.90. The van der Waals surface area contributed by atoms with E-state index in [-0.39, 0.29) is 35.8 Å². The van der Waals surface area contributed by atoms with E-state index in [1.165, 1.54) is 24.3 Å². The zero-order valence-electron chi connectivity index (χ0n) is 18.7. The molecule has 2 aliphatic rings. The Balaban J connectivity index is 1.83. The molecule has 5 nitrogen and oxygen atoms in total. The first kappa shape index (κ1) is 27.1. The molecule has 0 saturated heterocycles. The lowest BCUT2D eigenvalue weighted by Crippen LogP contribution is -2.54. The van der Waals surface area contributed by atoms with Crippen molar-refractivity contribution in [3.8, 4) is 5.75 Å². The van der Waals surface area contributed by atoms with Gasteiger partial charge in [0.05, 0.1) is 22.8 Å². The van der Waals surface area contributed by atoms with Crippen LogP contribution in [0.25, 0.3) is 0 Å². The molecule has 0 aromatic heterocycles. The van der Waals surface area contributed by atoms with E-state index in [4.69, 9.17) is 16.3 Å². The number of halogens is 6. The van der Waals surface area contributed by atoms with E-state index >= 15 is 4.39 Å². The maximum Gasteiger partial charge on any atom is 0.402 e. The lowest BCUT2D eigenvalue weighted by Gasteiger charge is -2.50. The van der Waals surface area contributed by atoms with Gasteiger partial charge in [0.1, 0.15) is 16.3 Å². The summed E-state index contributed by atoms with van der Waals surface area (Å²) in [6, 6.07) is 6.79. The highest BCUT2D eigenvalue weighted by Crippen LogP contribution is 2.58. The fraction of sp³-hybridized carbons (Fsp3) is 0.478. The van der Waals surface area contributed by atoms with E-state index in [1.807, 2.05) is 0 Å². The Morgan fingerprint density at radius 2 is 1.64 bits per heavy atom. The standard InChI is InChI=1S/C23H22ClF5O5S2/c24-15-3-5-16(6-4-15)36(32,33)22-10-1-2-14(9-11-35(30,31)13-23(27,28)29)17(22)12-34-21-19(26)8-7-18(25)20(21)22/h3-8,14,17H,1-2,9-13H2/t14-,17-,22-/m0/s1. The number of rotatable bonds is 6. The van der Waals surface area contributed by atoms with Crippen molar-refractivity contribution in [3.63, 3.8) is 0 Å². The van der Waals surface area contributed by atoms with Crippen LogP contribution in [0.5, 0.6) is 5.75 Å². The highest BCUT2D eigenvalue weighted by molar-refractivity contribution is 7.92. The Labute approximate surface area is 210 Å². The van der Waals surface area contributed by atoms with Crippen LogP contribution in [0.3, 0.4) is 0 Å². The zero-order chi connectivity index (χ0) is 26.5. The summed E-state index contributed by atoms with van der Waals surface area (Å²) in [5.74, 6) is -7.08. The van der Waals surface area contributed by atoms with Crippen LogP contribution in [-0.4, -0.2) is 41.1 Å². The van der Waals surface area contributed by atoms with E-state index in [1.54, 1.807) is 0 Å². The minimum absolute atomic E-state index is 0.106. The second kappa shape index (κ2) is 9.43. The number of fused-ring (bicyclic) bond motifs is 3. The quantitative estimate of drug-likeness (QED) is 0.430. The molecule has 3 atom stereocenters. The summed E-state index contributed by atoms with van der Waals surface area (Å²) in [4.78, 5) is -0.196. The van der Waals surface area contributed by atoms with Crippen LogP contribution >= 0.6 is 11.6 Å². The molecular formula is C23H22ClF5O5S2. The normalized spacial score (nSPS) is 24.5. The molecule has 0 amide bonds. The summed E-state index contributed by atoms with van der Waals surface area (Å²) in [6.45, 7) is -0.371. The Bertz CT molecular complexity index is 1360. The first-order valence-electron chi connectivity index (χ1n) is 11.1. The van der Waals surface area contributed by atoms with E-state index in [0.717, 1.165) is 12.1 Å². The highest BCUT2D eigenvalue weighted by Gasteiger charge is 2.60. The lowest BCUT2D eigenvalue weighted by molar-refractivity contribution is -0.106. The minimum atomic E-state index is -4.92. The summed E-state index contributed by atoms with van der Waals surface area (Å²) in [7, 11) is -8.97. The van der Waals surface area contributed by atoms with Gasteiger partial charge in [0.15, 0.2) is 31.2 Å². The van der Waals surface area contributed by atoms with Gasteiger partial charge in [-0.1, -0.05) is 18.0 Å². The molecule has 0 radical (unpaired) electrons. The molecule has 1 heterocycles. The van der Waals surface area contributed by atoms with Gasteiger partial charge >= 0.3 is 6.18 Å². The Kier molecular flexibility index (Phi) is 7.11. The summed E-state index contributed by atoms with van der Waals surface area (Å²) in [6.07, 6.45) is -4.81. The van der Waals surface area contributed by atoms with E-state index in [9.17, 15) is 34.4 Å². The van der Waals surface area contributed by atoms with Crippen molar-refractivity contribution in [2.45, 2.75) is 41.5 Å². The molecule has 36 heavy (non-hydrogen) atoms. The van der Waals surface area contributed by atoms with Crippen LogP contribution in [0.2, 0.25) is 5.02 Å². The third-order valence-corrected chi connectivity index (χ3v) is 11.4. The monoisotopic (exact) mass is 572 g/mol. The van der Waals surface area contributed by atoms with E-state index in [0.29, 0.717) is 6.42 Å². The topological polar surface area (TPSA) is 77.5 Å². The molecule has 2 aromatic rings. The molecule has 1 fully saturated rings. The van der Waals surface area contributed by atoms with Gasteiger partial charge in [0, 0.05) is 10.9 Å². The fourth-order valence-corrected chi connectivity index (χ4v) is 9.38. The average molecular weight is 573 g/mol. The second-order valence-corrected chi connectivity index (χ2v) is 14.0. The van der Waals surface area contributed by atoms with Crippen LogP contribution in [-0.2, 0) is 24.4 Å². The van der Waals surface area contributed by atoms with Crippen LogP contribution in [0, 0.1) is 23.5 Å². The van der Waals surface area contributed by atoms with Crippen LogP contribution in [0.15, 0.2) is 41.3 Å². The fourth-order valence-electron chi connectivity index (χ4n) is 5.51. The molecule has 1 aliphatic heterocycles. The van der Waals surface area contributed by atoms with Gasteiger partial charge in [-0.3, -0.25) is 0 Å². The maximum atomic E-state index is 15.3. The third kappa shape index (κ3) is 4.83. The highest BCUT2D eigenvalue weighted by atomic mass is 35.5. The predicted octanol–water partition coefficient (Wildman–Crippen LogP) is 5.46. The lowest BCUT2D eigenvalue weighted by atomic mass is 9.66. The molecule has 0 N–H and O–H groups in total. The van der Waals surface area contributed by atoms with Crippen molar-refractivity contribution in [3.05, 3.63) is 58.6 Å². The van der Waals surface area contributed by atoms with Crippen LogP contribution in [0.1, 0.15) is 31.2 Å². The number of hydrogen-bond acceptors (Lipinski definition) is 5. The van der Waals surface area contributed by atoms with Crippen molar-refractivity contribution in [1.82, 2.24) is 0 Å². The number of alkyl halides is 3. The molecule has 0 unspecified atom stereocenters. The van der Waals surface area contributed by atoms with Crippen molar-refractivity contribution in [2.24, 2.45) is 11.8 Å². The summed E-state index contributed by atoms with van der Waals surface area (Å²) in [5, 5.41) is 0.254. The van der Waals surface area contributed by atoms with Crippen LogP contribution < -0.4 is 4.74 Å². The van der Waals surface area contributed by atoms with Crippen molar-refractivity contribution >= 4 is 31.3 Å². The van der Waals surface area contributed by atoms with Gasteiger partial charge < -0.3 is 4.74 Å². The number of hydrogen-bond donors (Lipinski definition) is 0. The Hall–Kier alpha value is -1.92. The molecule has 0 spiro atoms. The SMILES string of the molecule is O=S(=O)(CC[C@@H]1CCC[C@@]2(S(=O)(=O)c3ccc(Cl)cc3)c3c(F)ccc(F)c3OC[C@@H]12)CC(F)(F)F. The minimum Gasteiger partial charge on any atom is -0.490 e. The molecule has 1 saturated carbocycles. The second-order valence-electron chi connectivity index (χ2n) is 9.15. The third-order valence-electron chi connectivity index (χ3n) is 6.97. The molecular weight excluding hydrogens is 551 g/mol. The average Bonchev–Trinajstić information content (AvgIpc) is 2.78. The Morgan fingerprint density at radius 1 is 1.00 bits per heavy atom. The van der Waals surface area contributed by atoms with Gasteiger partial charge in [-0.15, -0.1) is 0 Å². The maximum absolute atomic E-state index is 15.3. The molecule has 13 heteroatoms. The van der Waals surface area contributed by atoms with E-state index in [2.05, 4.69) is 0 Å². The largest absolute Gasteiger partial charge is 0.490 e. The molecule has 198 valence electrons. The summed E-state index contributed by atoms with van der Waals surface area (Å²) in [5.41, 5.74) is -0.475. The van der Waals surface area contributed by atoms with Crippen molar-refractivity contribution in [1.29, 1.82) is 0 Å². The number of sulfone groups is 2. The van der Waals surface area contributed by atoms with Gasteiger partial charge in [-0.25, -0.2) is 25.6 Å². The van der Waals surface area contributed by atoms with Gasteiger partial charge in [0.2, 0.25) is 0 Å². The molecule has 4 rings (SSSR count). The molecule has 1 aliphatic carbocycles. The first-order chi connectivity index (χ1) is 16.7. The zero-order valence-corrected chi connectivity index (χ0v) is 21.1.